The van der Waals surface area contributed by atoms with Crippen LogP contribution in [0.4, 0.5) is 5.95 Å². The highest BCUT2D eigenvalue weighted by atomic mass is 16.6. The van der Waals surface area contributed by atoms with Gasteiger partial charge in [-0.15, -0.1) is 0 Å². The number of hydrogen-bond acceptors (Lipinski definition) is 9. The lowest BCUT2D eigenvalue weighted by atomic mass is 10.1. The van der Waals surface area contributed by atoms with E-state index in [-0.39, 0.29) is 17.1 Å². The van der Waals surface area contributed by atoms with Gasteiger partial charge in [0, 0.05) is 6.04 Å². The zero-order valence-corrected chi connectivity index (χ0v) is 14.7. The molecule has 0 aliphatic carbocycles. The van der Waals surface area contributed by atoms with Crippen molar-refractivity contribution in [2.45, 2.75) is 57.3 Å². The number of hydrogen-bond donors (Lipinski definition) is 6. The maximum Gasteiger partial charge on any atom is 0.280 e. The molecule has 0 spiro atoms. The van der Waals surface area contributed by atoms with Gasteiger partial charge in [0.25, 0.3) is 5.56 Å². The van der Waals surface area contributed by atoms with Crippen molar-refractivity contribution in [1.29, 1.82) is 0 Å². The first-order valence-electron chi connectivity index (χ1n) is 8.44. The van der Waals surface area contributed by atoms with Crippen molar-refractivity contribution < 1.29 is 20.1 Å². The van der Waals surface area contributed by atoms with E-state index >= 15 is 0 Å². The van der Waals surface area contributed by atoms with Crippen LogP contribution < -0.4 is 17.0 Å². The van der Waals surface area contributed by atoms with E-state index in [0.717, 1.165) is 12.8 Å². The molecule has 1 aliphatic rings. The van der Waals surface area contributed by atoms with Gasteiger partial charge in [0.15, 0.2) is 17.4 Å². The normalized spacial score (nSPS) is 25.5. The van der Waals surface area contributed by atoms with Crippen molar-refractivity contribution >= 4 is 17.1 Å². The van der Waals surface area contributed by atoms with Crippen molar-refractivity contribution in [3.05, 3.63) is 16.7 Å². The molecule has 0 bridgehead atoms. The second-order valence-corrected chi connectivity index (χ2v) is 6.08. The number of aliphatic hydroxyl groups is 3. The number of aliphatic hydroxyl groups excluding tert-OH is 3. The van der Waals surface area contributed by atoms with Crippen LogP contribution in [0.1, 0.15) is 32.9 Å². The molecule has 1 fully saturated rings. The Morgan fingerprint density at radius 3 is 2.50 bits per heavy atom. The number of aromatic amines is 1. The molecule has 146 valence electrons. The molecular weight excluding hydrogens is 344 g/mol. The van der Waals surface area contributed by atoms with Crippen LogP contribution in [0.15, 0.2) is 11.1 Å². The fraction of sp³-hybridized carbons (Fsp3) is 0.667. The number of imidazole rings is 1. The van der Waals surface area contributed by atoms with E-state index in [1.807, 2.05) is 0 Å². The number of ether oxygens (including phenoxy) is 1. The molecule has 3 heterocycles. The summed E-state index contributed by atoms with van der Waals surface area (Å²) in [5, 5.41) is 28.7. The Hall–Kier alpha value is -2.05. The van der Waals surface area contributed by atoms with E-state index < -0.39 is 36.7 Å². The average molecular weight is 370 g/mol. The summed E-state index contributed by atoms with van der Waals surface area (Å²) in [7, 11) is 0. The van der Waals surface area contributed by atoms with Gasteiger partial charge in [-0.05, 0) is 12.8 Å². The Kier molecular flexibility index (Phi) is 6.67. The van der Waals surface area contributed by atoms with Crippen molar-refractivity contribution in [3.8, 4) is 0 Å². The highest BCUT2D eigenvalue weighted by molar-refractivity contribution is 5.70. The van der Waals surface area contributed by atoms with Crippen LogP contribution in [-0.2, 0) is 4.74 Å². The first kappa shape index (κ1) is 20.3. The summed E-state index contributed by atoms with van der Waals surface area (Å²) in [5.74, 6) is -0.101. The SMILES string of the molecule is CCC(N)CC.Nc1nc2c(ncn2[C@@H]2O[C@H](CO)[C@@H](O)[C@H]2O)c(=O)[nH]1. The largest absolute Gasteiger partial charge is 0.394 e. The molecule has 2 aromatic heterocycles. The smallest absolute Gasteiger partial charge is 0.280 e. The molecule has 11 nitrogen and oxygen atoms in total. The minimum absolute atomic E-state index is 0.0388. The molecule has 0 unspecified atom stereocenters. The van der Waals surface area contributed by atoms with Gasteiger partial charge >= 0.3 is 0 Å². The second kappa shape index (κ2) is 8.56. The first-order chi connectivity index (χ1) is 12.3. The Labute approximate surface area is 149 Å². The summed E-state index contributed by atoms with van der Waals surface area (Å²) in [6, 6.07) is 0.435. The number of rotatable bonds is 4. The van der Waals surface area contributed by atoms with Gasteiger partial charge < -0.3 is 31.5 Å². The van der Waals surface area contributed by atoms with Crippen molar-refractivity contribution in [1.82, 2.24) is 19.5 Å². The standard InChI is InChI=1S/C10H13N5O5.C5H13N/c11-10-13-7-4(8(19)14-10)12-2-15(7)9-6(18)5(17)3(1-16)20-9;1-3-5(6)4-2/h2-3,5-6,9,16-18H,1H2,(H3,11,13,14,19);5H,3-4,6H2,1-2H3/t3-,5-,6-,9-;/m1./s1. The number of nitrogens with one attached hydrogen (secondary N) is 1. The molecule has 0 amide bonds. The van der Waals surface area contributed by atoms with Gasteiger partial charge in [-0.1, -0.05) is 13.8 Å². The zero-order chi connectivity index (χ0) is 19.4. The summed E-state index contributed by atoms with van der Waals surface area (Å²) in [5.41, 5.74) is 10.6. The molecule has 11 heteroatoms. The third-order valence-corrected chi connectivity index (χ3v) is 4.29. The lowest BCUT2D eigenvalue weighted by molar-refractivity contribution is -0.0511. The zero-order valence-electron chi connectivity index (χ0n) is 14.7. The highest BCUT2D eigenvalue weighted by Crippen LogP contribution is 2.30. The Morgan fingerprint density at radius 2 is 2.00 bits per heavy atom. The Bertz CT molecular complexity index is 773. The molecular formula is C15H26N6O5. The van der Waals surface area contributed by atoms with Gasteiger partial charge in [0.05, 0.1) is 12.9 Å². The third-order valence-electron chi connectivity index (χ3n) is 4.29. The summed E-state index contributed by atoms with van der Waals surface area (Å²) in [4.78, 5) is 21.8. The van der Waals surface area contributed by atoms with Gasteiger partial charge in [-0.25, -0.2) is 4.98 Å². The van der Waals surface area contributed by atoms with Crippen molar-refractivity contribution in [2.24, 2.45) is 5.73 Å². The van der Waals surface area contributed by atoms with E-state index in [0.29, 0.717) is 6.04 Å². The predicted octanol–water partition coefficient (Wildman–Crippen LogP) is -1.55. The van der Waals surface area contributed by atoms with E-state index in [2.05, 4.69) is 28.8 Å². The molecule has 26 heavy (non-hydrogen) atoms. The van der Waals surface area contributed by atoms with Crippen LogP contribution in [0.25, 0.3) is 11.2 Å². The van der Waals surface area contributed by atoms with Crippen molar-refractivity contribution in [3.63, 3.8) is 0 Å². The topological polar surface area (TPSA) is 186 Å². The van der Waals surface area contributed by atoms with Gasteiger partial charge in [0.2, 0.25) is 5.95 Å². The number of nitrogen functional groups attached to an aromatic ring is 1. The molecule has 0 aromatic carbocycles. The monoisotopic (exact) mass is 370 g/mol. The Morgan fingerprint density at radius 1 is 1.35 bits per heavy atom. The van der Waals surface area contributed by atoms with E-state index in [1.54, 1.807) is 0 Å². The Balaban J connectivity index is 0.000000352. The van der Waals surface area contributed by atoms with Gasteiger partial charge in [-0.3, -0.25) is 14.3 Å². The van der Waals surface area contributed by atoms with Gasteiger partial charge in [-0.2, -0.15) is 4.98 Å². The molecule has 0 radical (unpaired) electrons. The third kappa shape index (κ3) is 4.02. The summed E-state index contributed by atoms with van der Waals surface area (Å²) in [6.45, 7) is 3.76. The fourth-order valence-corrected chi connectivity index (χ4v) is 2.53. The van der Waals surface area contributed by atoms with Crippen LogP contribution in [-0.4, -0.2) is 65.8 Å². The number of fused-ring (bicyclic) bond motifs is 1. The maximum atomic E-state index is 11.7. The van der Waals surface area contributed by atoms with Crippen LogP contribution in [0.5, 0.6) is 0 Å². The molecule has 1 aliphatic heterocycles. The summed E-state index contributed by atoms with van der Waals surface area (Å²) in [6.07, 6.45) is -0.999. The van der Waals surface area contributed by atoms with E-state index in [4.69, 9.17) is 21.3 Å². The van der Waals surface area contributed by atoms with E-state index in [9.17, 15) is 15.0 Å². The molecule has 4 atom stereocenters. The van der Waals surface area contributed by atoms with Crippen LogP contribution in [0, 0.1) is 0 Å². The molecule has 1 saturated heterocycles. The minimum atomic E-state index is -1.29. The number of aromatic nitrogens is 4. The van der Waals surface area contributed by atoms with Gasteiger partial charge in [0.1, 0.15) is 18.3 Å². The summed E-state index contributed by atoms with van der Waals surface area (Å²) >= 11 is 0. The number of anilines is 1. The molecule has 2 aromatic rings. The fourth-order valence-electron chi connectivity index (χ4n) is 2.53. The van der Waals surface area contributed by atoms with Crippen molar-refractivity contribution in [2.75, 3.05) is 12.3 Å². The molecule has 8 N–H and O–H groups in total. The number of nitrogens with zero attached hydrogens (tertiary/aromatic N) is 3. The molecule has 0 saturated carbocycles. The lowest BCUT2D eigenvalue weighted by Crippen LogP contribution is -2.33. The predicted molar refractivity (Wildman–Crippen MR) is 94.1 cm³/mol. The average Bonchev–Trinajstić information content (AvgIpc) is 3.16. The second-order valence-electron chi connectivity index (χ2n) is 6.08. The van der Waals surface area contributed by atoms with Crippen LogP contribution in [0.3, 0.4) is 0 Å². The van der Waals surface area contributed by atoms with E-state index in [1.165, 1.54) is 10.9 Å². The lowest BCUT2D eigenvalue weighted by Gasteiger charge is -2.16. The first-order valence-corrected chi connectivity index (χ1v) is 8.44. The van der Waals surface area contributed by atoms with Crippen LogP contribution in [0.2, 0.25) is 0 Å². The molecule has 3 rings (SSSR count). The quantitative estimate of drug-likeness (QED) is 0.370. The number of H-pyrrole nitrogens is 1. The highest BCUT2D eigenvalue weighted by Gasteiger charge is 2.44. The summed E-state index contributed by atoms with van der Waals surface area (Å²) < 4.78 is 6.64. The minimum Gasteiger partial charge on any atom is -0.394 e. The van der Waals surface area contributed by atoms with Crippen LogP contribution >= 0.6 is 0 Å². The maximum absolute atomic E-state index is 11.7. The number of nitrogens with two attached hydrogens (primary N) is 2.